The molecule has 0 aliphatic heterocycles. The van der Waals surface area contributed by atoms with Crippen molar-refractivity contribution in [3.05, 3.63) is 211 Å². The Morgan fingerprint density at radius 2 is 0.959 bits per heavy atom. The van der Waals surface area contributed by atoms with E-state index in [0.29, 0.717) is 10.9 Å². The van der Waals surface area contributed by atoms with Crippen molar-refractivity contribution in [3.63, 3.8) is 0 Å². The van der Waals surface area contributed by atoms with Crippen LogP contribution in [0.2, 0.25) is 0 Å². The number of hydrogen-bond donors (Lipinski definition) is 8. The Bertz CT molecular complexity index is 6270. The van der Waals surface area contributed by atoms with Crippen molar-refractivity contribution in [1.29, 1.82) is 10.5 Å². The Labute approximate surface area is 561 Å². The van der Waals surface area contributed by atoms with Crippen molar-refractivity contribution in [1.82, 2.24) is 4.98 Å². The van der Waals surface area contributed by atoms with Crippen molar-refractivity contribution in [2.24, 2.45) is 20.5 Å². The molecule has 34 heteroatoms. The maximum Gasteiger partial charge on any atom is 0.295 e. The second kappa shape index (κ2) is 25.5. The normalized spacial score (nSPS) is 12.5. The number of nitriles is 2. The van der Waals surface area contributed by atoms with Gasteiger partial charge in [-0.1, -0.05) is 96.3 Å². The number of rotatable bonds is 19. The number of pyridine rings is 1. The SMILES string of the molecule is Cc1c(C#N)c(Nc2ccc(S(=O)(=O)O)cc2)nc(Nc2ccc(S(=O)(=O)O)cc2)c1/N=N/c1sc(/N=N/c2ccc3cc(S(=O)(=O)Nc4cc(S(=O)(=O)O)c5ccccc5c4)cc(S(=O)(=O)Nc4ccc5cccc(S(=O)(=O)O)c5c4)c3c2)c(-c2ccc3ccccc3c2)c1C#N. The van der Waals surface area contributed by atoms with Gasteiger partial charge in [0.05, 0.1) is 36.5 Å². The highest BCUT2D eigenvalue weighted by atomic mass is 32.2. The fourth-order valence-electron chi connectivity index (χ4n) is 10.5. The molecule has 0 bridgehead atoms. The monoisotopic (exact) mass is 1450 g/mol. The van der Waals surface area contributed by atoms with E-state index in [2.05, 4.69) is 57.7 Å². The van der Waals surface area contributed by atoms with E-state index in [1.54, 1.807) is 30.3 Å². The van der Waals surface area contributed by atoms with Crippen molar-refractivity contribution >= 4 is 171 Å². The third-order valence-electron chi connectivity index (χ3n) is 15.1. The molecule has 0 saturated carbocycles. The van der Waals surface area contributed by atoms with Crippen LogP contribution in [0.5, 0.6) is 0 Å². The van der Waals surface area contributed by atoms with Crippen molar-refractivity contribution in [2.45, 2.75) is 36.3 Å². The van der Waals surface area contributed by atoms with E-state index in [0.717, 1.165) is 76.7 Å². The summed E-state index contributed by atoms with van der Waals surface area (Å²) in [5, 5.41) is 47.7. The van der Waals surface area contributed by atoms with Crippen LogP contribution in [0.1, 0.15) is 16.7 Å². The molecule has 492 valence electrons. The Morgan fingerprint density at radius 1 is 0.408 bits per heavy atom. The average Bonchev–Trinajstić information content (AvgIpc) is 0.813. The molecule has 2 aromatic heterocycles. The fourth-order valence-corrected chi connectivity index (χ4v) is 16.3. The van der Waals surface area contributed by atoms with Crippen molar-refractivity contribution in [2.75, 3.05) is 20.1 Å². The number of sulfonamides is 2. The molecule has 2 heterocycles. The molecule has 0 spiro atoms. The molecule has 0 saturated heterocycles. The van der Waals surface area contributed by atoms with Crippen LogP contribution in [-0.4, -0.2) is 73.7 Å². The van der Waals surface area contributed by atoms with Crippen LogP contribution < -0.4 is 20.1 Å². The molecule has 0 aliphatic carbocycles. The molecule has 12 rings (SSSR count). The molecule has 12 aromatic rings. The lowest BCUT2D eigenvalue weighted by molar-refractivity contribution is 0.481. The summed E-state index contributed by atoms with van der Waals surface area (Å²) >= 11 is 0.827. The van der Waals surface area contributed by atoms with Gasteiger partial charge in [0.2, 0.25) is 0 Å². The Morgan fingerprint density at radius 3 is 1.60 bits per heavy atom. The van der Waals surface area contributed by atoms with E-state index < -0.39 is 89.9 Å². The topological polar surface area (TPSA) is 444 Å². The molecular weight excluding hydrogens is 1400 g/mol. The maximum atomic E-state index is 15.0. The molecule has 0 unspecified atom stereocenters. The minimum atomic E-state index is -4.99. The molecule has 98 heavy (non-hydrogen) atoms. The zero-order chi connectivity index (χ0) is 69.9. The first-order valence-corrected chi connectivity index (χ1v) is 37.6. The number of azo groups is 2. The van der Waals surface area contributed by atoms with E-state index in [4.69, 9.17) is 0 Å². The largest absolute Gasteiger partial charge is 0.339 e. The summed E-state index contributed by atoms with van der Waals surface area (Å²) in [6, 6.07) is 48.4. The fraction of sp³-hybridized carbons (Fsp3) is 0.0156. The molecular formula is C64H43N11O16S7. The van der Waals surface area contributed by atoms with Crippen LogP contribution in [0.4, 0.5) is 55.8 Å². The second-order valence-electron chi connectivity index (χ2n) is 21.4. The van der Waals surface area contributed by atoms with E-state index >= 15 is 0 Å². The summed E-state index contributed by atoms with van der Waals surface area (Å²) in [6.07, 6.45) is 0. The van der Waals surface area contributed by atoms with Crippen LogP contribution in [0.15, 0.2) is 244 Å². The van der Waals surface area contributed by atoms with Gasteiger partial charge in [-0.05, 0) is 149 Å². The summed E-state index contributed by atoms with van der Waals surface area (Å²) in [5.41, 5.74) is 0.328. The zero-order valence-electron chi connectivity index (χ0n) is 49.7. The highest BCUT2D eigenvalue weighted by Gasteiger charge is 2.28. The minimum Gasteiger partial charge on any atom is -0.339 e. The third-order valence-corrected chi connectivity index (χ3v) is 22.4. The van der Waals surface area contributed by atoms with Gasteiger partial charge in [-0.15, -0.1) is 20.5 Å². The van der Waals surface area contributed by atoms with E-state index in [1.165, 1.54) is 97.9 Å². The predicted octanol–water partition coefficient (Wildman–Crippen LogP) is 14.4. The molecule has 0 aliphatic rings. The van der Waals surface area contributed by atoms with Crippen LogP contribution in [0.25, 0.3) is 54.2 Å². The van der Waals surface area contributed by atoms with Crippen LogP contribution >= 0.6 is 11.3 Å². The smallest absolute Gasteiger partial charge is 0.295 e. The number of thiophene rings is 1. The second-order valence-corrected chi connectivity index (χ2v) is 31.4. The van der Waals surface area contributed by atoms with Gasteiger partial charge in [0, 0.05) is 44.3 Å². The summed E-state index contributed by atoms with van der Waals surface area (Å²) in [5.74, 6) is -0.200. The van der Waals surface area contributed by atoms with Gasteiger partial charge in [0.15, 0.2) is 16.6 Å². The quantitative estimate of drug-likeness (QED) is 0.0275. The lowest BCUT2D eigenvalue weighted by Crippen LogP contribution is -2.17. The van der Waals surface area contributed by atoms with Gasteiger partial charge < -0.3 is 10.6 Å². The number of anilines is 6. The van der Waals surface area contributed by atoms with Gasteiger partial charge in [-0.25, -0.2) is 21.8 Å². The number of hydrogen-bond acceptors (Lipinski definition) is 22. The molecule has 0 fully saturated rings. The van der Waals surface area contributed by atoms with Crippen LogP contribution in [0.3, 0.4) is 0 Å². The summed E-state index contributed by atoms with van der Waals surface area (Å²) in [4.78, 5) is 1.24. The van der Waals surface area contributed by atoms with Gasteiger partial charge in [0.1, 0.15) is 38.2 Å². The first-order chi connectivity index (χ1) is 46.3. The van der Waals surface area contributed by atoms with Crippen molar-refractivity contribution in [3.8, 4) is 23.3 Å². The zero-order valence-corrected chi connectivity index (χ0v) is 55.4. The van der Waals surface area contributed by atoms with Gasteiger partial charge in [0.25, 0.3) is 60.5 Å². The van der Waals surface area contributed by atoms with E-state index in [9.17, 15) is 79.2 Å². The number of nitrogens with zero attached hydrogens (tertiary/aromatic N) is 7. The number of nitrogens with one attached hydrogen (secondary N) is 4. The standard InChI is InChI=1S/C64H43N11O16S7/c1-36-54(34-65)61(67-43-19-23-48(24-20-43)95(80,81)82)69-62(68-44-21-25-49(26-22-44)96(83,84)85)60(36)71-72-63-55(35-66)59(42-14-13-37-7-2-3-8-39(37)27-42)64(92-63)73-70-45-17-16-41-29-50(93(76,77)75-47-28-40-9-4-5-11-51(40)58(32-47)98(89,90)91)33-57(53(41)30-45)94(78,79)74-46-18-15-38-10-6-12-56(52(38)31-46)97(86,87)88/h2-33,74-75H,1H3,(H2,67,68,69)(H,80,81,82)(H,83,84,85)(H,86,87,88)(H,89,90,91)/b72-71+,73-70+. The Balaban J connectivity index is 0.986. The molecule has 27 nitrogen and oxygen atoms in total. The highest BCUT2D eigenvalue weighted by Crippen LogP contribution is 2.50. The van der Waals surface area contributed by atoms with Crippen LogP contribution in [-0.2, 0) is 60.5 Å². The lowest BCUT2D eigenvalue weighted by atomic mass is 10.00. The Kier molecular flexibility index (Phi) is 17.5. The lowest BCUT2D eigenvalue weighted by Gasteiger charge is -2.16. The van der Waals surface area contributed by atoms with E-state index in [-0.39, 0.29) is 105 Å². The summed E-state index contributed by atoms with van der Waals surface area (Å²) in [7, 11) is -28.9. The molecule has 8 N–H and O–H groups in total. The third kappa shape index (κ3) is 13.9. The van der Waals surface area contributed by atoms with Crippen molar-refractivity contribution < 1.29 is 68.7 Å². The van der Waals surface area contributed by atoms with Gasteiger partial charge >= 0.3 is 0 Å². The molecule has 10 aromatic carbocycles. The van der Waals surface area contributed by atoms with E-state index in [1.807, 2.05) is 18.2 Å². The minimum absolute atomic E-state index is 0.0228. The molecule has 0 atom stereocenters. The number of benzene rings is 10. The number of fused-ring (bicyclic) bond motifs is 4. The summed E-state index contributed by atoms with van der Waals surface area (Å²) in [6.45, 7) is 1.50. The van der Waals surface area contributed by atoms with Crippen LogP contribution in [0, 0.1) is 29.6 Å². The number of aromatic nitrogens is 1. The first kappa shape index (κ1) is 67.0. The van der Waals surface area contributed by atoms with Gasteiger partial charge in [-0.3, -0.25) is 27.7 Å². The summed E-state index contributed by atoms with van der Waals surface area (Å²) < 4.78 is 201. The Hall–Kier alpha value is -11.0. The highest BCUT2D eigenvalue weighted by molar-refractivity contribution is 7.93. The molecule has 0 amide bonds. The average molecular weight is 1450 g/mol. The predicted molar refractivity (Wildman–Crippen MR) is 366 cm³/mol. The first-order valence-electron chi connectivity index (χ1n) is 28.0. The maximum absolute atomic E-state index is 15.0. The van der Waals surface area contributed by atoms with Gasteiger partial charge in [-0.2, -0.15) is 44.2 Å². The molecule has 0 radical (unpaired) electrons.